The number of benzene rings is 2. The lowest BCUT2D eigenvalue weighted by molar-refractivity contribution is -0.111. The minimum absolute atomic E-state index is 0.0522. The molecule has 0 radical (unpaired) electrons. The molecule has 0 saturated carbocycles. The number of rotatable bonds is 8. The Morgan fingerprint density at radius 2 is 1.03 bits per heavy atom. The topological polar surface area (TPSA) is 72.5 Å². The maximum absolute atomic E-state index is 13.1. The number of allylic oxidation sites excluding steroid dienone is 1. The van der Waals surface area contributed by atoms with Gasteiger partial charge in [-0.2, -0.15) is 0 Å². The van der Waals surface area contributed by atoms with E-state index in [0.717, 1.165) is 11.1 Å². The first-order valence-electron chi connectivity index (χ1n) is 9.69. The third-order valence-corrected chi connectivity index (χ3v) is 6.06. The first-order chi connectivity index (χ1) is 15.5. The van der Waals surface area contributed by atoms with E-state index in [1.54, 1.807) is 73.0 Å². The second kappa shape index (κ2) is 10.4. The van der Waals surface area contributed by atoms with E-state index in [1.165, 1.54) is 11.8 Å². The number of thioether (sulfide) groups is 1. The van der Waals surface area contributed by atoms with Crippen LogP contribution in [0.15, 0.2) is 34.7 Å². The van der Waals surface area contributed by atoms with Gasteiger partial charge in [0.25, 0.3) is 0 Å². The molecule has 1 fully saturated rings. The predicted molar refractivity (Wildman–Crippen MR) is 126 cm³/mol. The van der Waals surface area contributed by atoms with Crippen LogP contribution in [0, 0.1) is 0 Å². The lowest BCUT2D eigenvalue weighted by Gasteiger charge is -2.12. The molecule has 3 rings (SSSR count). The maximum Gasteiger partial charge on any atom is 0.196 e. The van der Waals surface area contributed by atoms with Crippen LogP contribution in [0.4, 0.5) is 0 Å². The monoisotopic (exact) mass is 458 g/mol. The Bertz CT molecular complexity index is 989. The Balaban J connectivity index is 1.98. The zero-order valence-corrected chi connectivity index (χ0v) is 19.8. The Morgan fingerprint density at radius 3 is 1.47 bits per heavy atom. The van der Waals surface area contributed by atoms with Gasteiger partial charge in [-0.25, -0.2) is 0 Å². The fourth-order valence-corrected chi connectivity index (χ4v) is 4.32. The zero-order chi connectivity index (χ0) is 23.3. The normalized spacial score (nSPS) is 15.8. The molecule has 7 nitrogen and oxygen atoms in total. The summed E-state index contributed by atoms with van der Waals surface area (Å²) in [5.41, 5.74) is 2.12. The van der Waals surface area contributed by atoms with Gasteiger partial charge in [-0.3, -0.25) is 4.79 Å². The molecule has 1 aliphatic heterocycles. The maximum atomic E-state index is 13.1. The predicted octanol–water partition coefficient (Wildman–Crippen LogP) is 4.48. The molecule has 0 aliphatic carbocycles. The Morgan fingerprint density at radius 1 is 0.625 bits per heavy atom. The number of carbonyl (C=O) groups excluding carboxylic acids is 1. The highest BCUT2D eigenvalue weighted by atomic mass is 32.2. The van der Waals surface area contributed by atoms with Crippen molar-refractivity contribution in [2.75, 3.05) is 48.4 Å². The lowest BCUT2D eigenvalue weighted by Crippen LogP contribution is -1.99. The first kappa shape index (κ1) is 23.4. The van der Waals surface area contributed by atoms with Gasteiger partial charge in [-0.1, -0.05) is 0 Å². The van der Waals surface area contributed by atoms with Crippen LogP contribution < -0.4 is 28.4 Å². The van der Waals surface area contributed by atoms with Crippen molar-refractivity contribution in [3.63, 3.8) is 0 Å². The molecule has 0 spiro atoms. The van der Waals surface area contributed by atoms with Crippen molar-refractivity contribution < 1.29 is 33.2 Å². The SMILES string of the molecule is COc1cc(OC)c(OC)cc1/C=C1\CS/C(=C\c2cc(OC)c(OC)cc2OC)C1=O. The molecule has 32 heavy (non-hydrogen) atoms. The average Bonchev–Trinajstić information content (AvgIpc) is 3.16. The summed E-state index contributed by atoms with van der Waals surface area (Å²) in [4.78, 5) is 13.7. The minimum atomic E-state index is -0.0522. The summed E-state index contributed by atoms with van der Waals surface area (Å²) in [6.45, 7) is 0. The van der Waals surface area contributed by atoms with Gasteiger partial charge in [0.15, 0.2) is 28.8 Å². The van der Waals surface area contributed by atoms with Crippen LogP contribution in [0.3, 0.4) is 0 Å². The van der Waals surface area contributed by atoms with E-state index < -0.39 is 0 Å². The third kappa shape index (κ3) is 4.65. The van der Waals surface area contributed by atoms with Crippen molar-refractivity contribution in [2.24, 2.45) is 0 Å². The first-order valence-corrected chi connectivity index (χ1v) is 10.7. The molecule has 0 aromatic heterocycles. The molecule has 1 aliphatic rings. The van der Waals surface area contributed by atoms with Crippen LogP contribution in [-0.4, -0.2) is 54.2 Å². The molecule has 1 heterocycles. The summed E-state index contributed by atoms with van der Waals surface area (Å²) in [5, 5.41) is 0. The van der Waals surface area contributed by atoms with Crippen LogP contribution >= 0.6 is 11.8 Å². The molecule has 2 aromatic rings. The van der Waals surface area contributed by atoms with Crippen LogP contribution in [0.2, 0.25) is 0 Å². The smallest absolute Gasteiger partial charge is 0.196 e. The van der Waals surface area contributed by atoms with Gasteiger partial charge in [0.2, 0.25) is 0 Å². The second-order valence-electron chi connectivity index (χ2n) is 6.69. The van der Waals surface area contributed by atoms with Gasteiger partial charge < -0.3 is 28.4 Å². The van der Waals surface area contributed by atoms with Crippen molar-refractivity contribution in [2.45, 2.75) is 0 Å². The van der Waals surface area contributed by atoms with Gasteiger partial charge in [0.1, 0.15) is 11.5 Å². The highest BCUT2D eigenvalue weighted by Gasteiger charge is 2.25. The minimum Gasteiger partial charge on any atom is -0.496 e. The number of ketones is 1. The number of carbonyl (C=O) groups is 1. The molecule has 170 valence electrons. The number of Topliss-reactive ketones (excluding diaryl/α,β-unsaturated/α-hetero) is 1. The van der Waals surface area contributed by atoms with E-state index in [0.29, 0.717) is 50.7 Å². The molecule has 0 amide bonds. The second-order valence-corrected chi connectivity index (χ2v) is 7.71. The summed E-state index contributed by atoms with van der Waals surface area (Å²) >= 11 is 1.47. The third-order valence-electron chi connectivity index (χ3n) is 4.99. The van der Waals surface area contributed by atoms with Crippen LogP contribution in [-0.2, 0) is 4.79 Å². The standard InChI is InChI=1S/C24H26O7S/c1-26-17-11-21(30-5)19(28-3)8-14(17)7-16-13-32-23(24(16)25)10-15-9-20(29-4)22(31-6)12-18(15)27-2/h7-12H,13H2,1-6H3/b16-7+,23-10-. The summed E-state index contributed by atoms with van der Waals surface area (Å²) in [6, 6.07) is 7.06. The number of ether oxygens (including phenoxy) is 6. The van der Waals surface area contributed by atoms with Gasteiger partial charge in [0.05, 0.1) is 47.6 Å². The molecule has 0 atom stereocenters. The zero-order valence-electron chi connectivity index (χ0n) is 18.9. The highest BCUT2D eigenvalue weighted by molar-refractivity contribution is 8.05. The van der Waals surface area contributed by atoms with E-state index in [1.807, 2.05) is 6.08 Å². The van der Waals surface area contributed by atoms with E-state index >= 15 is 0 Å². The molecule has 1 saturated heterocycles. The molecule has 2 aromatic carbocycles. The van der Waals surface area contributed by atoms with Crippen molar-refractivity contribution in [3.8, 4) is 34.5 Å². The van der Waals surface area contributed by atoms with Crippen molar-refractivity contribution >= 4 is 29.7 Å². The van der Waals surface area contributed by atoms with Gasteiger partial charge >= 0.3 is 0 Å². The van der Waals surface area contributed by atoms with E-state index in [-0.39, 0.29) is 5.78 Å². The molecular formula is C24H26O7S. The van der Waals surface area contributed by atoms with E-state index in [9.17, 15) is 4.79 Å². The van der Waals surface area contributed by atoms with E-state index in [2.05, 4.69) is 0 Å². The number of hydrogen-bond donors (Lipinski definition) is 0. The molecular weight excluding hydrogens is 432 g/mol. The van der Waals surface area contributed by atoms with Gasteiger partial charge in [-0.15, -0.1) is 11.8 Å². The fraction of sp³-hybridized carbons (Fsp3) is 0.292. The highest BCUT2D eigenvalue weighted by Crippen LogP contribution is 2.41. The Kier molecular flexibility index (Phi) is 7.58. The lowest BCUT2D eigenvalue weighted by atomic mass is 10.1. The average molecular weight is 459 g/mol. The largest absolute Gasteiger partial charge is 0.496 e. The van der Waals surface area contributed by atoms with E-state index in [4.69, 9.17) is 28.4 Å². The Hall–Kier alpha value is -3.26. The molecule has 8 heteroatoms. The van der Waals surface area contributed by atoms with Crippen LogP contribution in [0.5, 0.6) is 34.5 Å². The summed E-state index contributed by atoms with van der Waals surface area (Å²) in [6.07, 6.45) is 3.63. The van der Waals surface area contributed by atoms with Gasteiger partial charge in [-0.05, 0) is 24.3 Å². The number of hydrogen-bond acceptors (Lipinski definition) is 8. The summed E-state index contributed by atoms with van der Waals surface area (Å²) < 4.78 is 32.4. The fourth-order valence-electron chi connectivity index (χ4n) is 3.32. The quantitative estimate of drug-likeness (QED) is 0.536. The van der Waals surface area contributed by atoms with Crippen molar-refractivity contribution in [3.05, 3.63) is 45.9 Å². The van der Waals surface area contributed by atoms with Crippen molar-refractivity contribution in [1.29, 1.82) is 0 Å². The summed E-state index contributed by atoms with van der Waals surface area (Å²) in [5.74, 6) is 3.89. The van der Waals surface area contributed by atoms with Crippen LogP contribution in [0.25, 0.3) is 12.2 Å². The molecule has 0 unspecified atom stereocenters. The Labute approximate surface area is 191 Å². The van der Waals surface area contributed by atoms with Gasteiger partial charge in [0, 0.05) is 34.6 Å². The van der Waals surface area contributed by atoms with Crippen LogP contribution in [0.1, 0.15) is 11.1 Å². The molecule has 0 bridgehead atoms. The molecule has 0 N–H and O–H groups in total. The number of methoxy groups -OCH3 is 6. The summed E-state index contributed by atoms with van der Waals surface area (Å²) in [7, 11) is 9.39. The van der Waals surface area contributed by atoms with Crippen molar-refractivity contribution in [1.82, 2.24) is 0 Å².